The van der Waals surface area contributed by atoms with E-state index in [4.69, 9.17) is 4.52 Å². The number of amides is 1. The number of carbonyl (C=O) groups is 2. The highest BCUT2D eigenvalue weighted by molar-refractivity contribution is 5.94. The lowest BCUT2D eigenvalue weighted by molar-refractivity contribution is -0.114. The van der Waals surface area contributed by atoms with Gasteiger partial charge in [0.05, 0.1) is 24.0 Å². The number of anilines is 2. The lowest BCUT2D eigenvalue weighted by Crippen LogP contribution is -2.38. The smallest absolute Gasteiger partial charge is 0.340 e. The number of hydrogen-bond donors (Lipinski definition) is 1. The molecule has 2 aromatic carbocycles. The van der Waals surface area contributed by atoms with Gasteiger partial charge < -0.3 is 19.5 Å². The average molecular weight is 452 g/mol. The van der Waals surface area contributed by atoms with Crippen LogP contribution >= 0.6 is 0 Å². The Morgan fingerprint density at radius 3 is 2.67 bits per heavy atom. The fourth-order valence-corrected chi connectivity index (χ4v) is 4.05. The van der Waals surface area contributed by atoms with Crippen molar-refractivity contribution < 1.29 is 23.2 Å². The SMILES string of the molecule is COC(=O)c1ccc(-c2noc(-c3ccc(N4CCCCC4C)c(NC(C)=O)c3)n2)cc1F. The molecule has 33 heavy (non-hydrogen) atoms. The van der Waals surface area contributed by atoms with E-state index in [1.807, 2.05) is 12.1 Å². The summed E-state index contributed by atoms with van der Waals surface area (Å²) in [4.78, 5) is 30.1. The Balaban J connectivity index is 1.65. The van der Waals surface area contributed by atoms with Crippen molar-refractivity contribution in [3.05, 3.63) is 47.8 Å². The second kappa shape index (κ2) is 9.40. The van der Waals surface area contributed by atoms with Gasteiger partial charge >= 0.3 is 5.97 Å². The largest absolute Gasteiger partial charge is 0.465 e. The quantitative estimate of drug-likeness (QED) is 0.562. The number of carbonyl (C=O) groups excluding carboxylic acids is 2. The van der Waals surface area contributed by atoms with Crippen molar-refractivity contribution in [1.29, 1.82) is 0 Å². The van der Waals surface area contributed by atoms with Gasteiger partial charge in [-0.2, -0.15) is 4.98 Å². The average Bonchev–Trinajstić information content (AvgIpc) is 3.29. The van der Waals surface area contributed by atoms with Gasteiger partial charge in [0, 0.05) is 30.6 Å². The van der Waals surface area contributed by atoms with Crippen molar-refractivity contribution in [3.8, 4) is 22.8 Å². The topological polar surface area (TPSA) is 97.6 Å². The number of benzene rings is 2. The number of ether oxygens (including phenoxy) is 1. The fourth-order valence-electron chi connectivity index (χ4n) is 4.05. The van der Waals surface area contributed by atoms with E-state index in [-0.39, 0.29) is 23.2 Å². The van der Waals surface area contributed by atoms with Crippen molar-refractivity contribution in [2.75, 3.05) is 23.9 Å². The van der Waals surface area contributed by atoms with Crippen molar-refractivity contribution in [1.82, 2.24) is 10.1 Å². The molecule has 0 radical (unpaired) electrons. The number of aromatic nitrogens is 2. The molecule has 1 aliphatic rings. The Kier molecular flexibility index (Phi) is 6.39. The molecule has 1 unspecified atom stereocenters. The van der Waals surface area contributed by atoms with Gasteiger partial charge in [0.25, 0.3) is 5.89 Å². The van der Waals surface area contributed by atoms with E-state index in [1.54, 1.807) is 6.07 Å². The molecule has 9 heteroatoms. The van der Waals surface area contributed by atoms with Gasteiger partial charge in [0.15, 0.2) is 0 Å². The fraction of sp³-hybridized carbons (Fsp3) is 0.333. The molecule has 1 atom stereocenters. The van der Waals surface area contributed by atoms with Gasteiger partial charge in [0.2, 0.25) is 11.7 Å². The molecule has 172 valence electrons. The molecule has 3 aromatic rings. The molecular weight excluding hydrogens is 427 g/mol. The summed E-state index contributed by atoms with van der Waals surface area (Å²) in [5.74, 6) is -1.27. The van der Waals surface area contributed by atoms with Gasteiger partial charge in [0.1, 0.15) is 5.82 Å². The van der Waals surface area contributed by atoms with E-state index in [0.29, 0.717) is 22.9 Å². The third-order valence-corrected chi connectivity index (χ3v) is 5.73. The molecule has 0 saturated carbocycles. The van der Waals surface area contributed by atoms with Crippen molar-refractivity contribution >= 4 is 23.3 Å². The molecule has 0 spiro atoms. The number of nitrogens with zero attached hydrogens (tertiary/aromatic N) is 3. The first kappa shape index (κ1) is 22.4. The van der Waals surface area contributed by atoms with Crippen LogP contribution in [-0.4, -0.2) is 41.7 Å². The highest BCUT2D eigenvalue weighted by Crippen LogP contribution is 2.35. The minimum atomic E-state index is -0.763. The normalized spacial score (nSPS) is 15.9. The Bertz CT molecular complexity index is 1190. The summed E-state index contributed by atoms with van der Waals surface area (Å²) in [5.41, 5.74) is 2.42. The maximum Gasteiger partial charge on any atom is 0.340 e. The van der Waals surface area contributed by atoms with Gasteiger partial charge in [-0.15, -0.1) is 0 Å². The second-order valence-corrected chi connectivity index (χ2v) is 8.06. The maximum atomic E-state index is 14.3. The highest BCUT2D eigenvalue weighted by Gasteiger charge is 2.23. The van der Waals surface area contributed by atoms with E-state index < -0.39 is 11.8 Å². The number of nitrogens with one attached hydrogen (secondary N) is 1. The summed E-state index contributed by atoms with van der Waals surface area (Å²) in [7, 11) is 1.19. The Morgan fingerprint density at radius 1 is 1.18 bits per heavy atom. The summed E-state index contributed by atoms with van der Waals surface area (Å²) < 4.78 is 24.3. The third kappa shape index (κ3) is 4.72. The van der Waals surface area contributed by atoms with Gasteiger partial charge in [-0.25, -0.2) is 9.18 Å². The zero-order chi connectivity index (χ0) is 23.5. The minimum absolute atomic E-state index is 0.174. The van der Waals surface area contributed by atoms with E-state index in [2.05, 4.69) is 32.0 Å². The monoisotopic (exact) mass is 452 g/mol. The predicted octanol–water partition coefficient (Wildman–Crippen LogP) is 4.67. The zero-order valence-electron chi connectivity index (χ0n) is 18.7. The van der Waals surface area contributed by atoms with E-state index >= 15 is 0 Å². The van der Waals surface area contributed by atoms with Crippen LogP contribution in [0.2, 0.25) is 0 Å². The first-order chi connectivity index (χ1) is 15.9. The van der Waals surface area contributed by atoms with Crippen LogP contribution < -0.4 is 10.2 Å². The molecule has 1 saturated heterocycles. The van der Waals surface area contributed by atoms with Gasteiger partial charge in [-0.05, 0) is 62.6 Å². The molecule has 4 rings (SSSR count). The molecule has 0 aliphatic carbocycles. The van der Waals surface area contributed by atoms with E-state index in [9.17, 15) is 14.0 Å². The van der Waals surface area contributed by atoms with Gasteiger partial charge in [-0.1, -0.05) is 5.16 Å². The van der Waals surface area contributed by atoms with Crippen molar-refractivity contribution in [3.63, 3.8) is 0 Å². The molecule has 0 bridgehead atoms. The summed E-state index contributed by atoms with van der Waals surface area (Å²) in [6.45, 7) is 4.57. The van der Waals surface area contributed by atoms with Crippen LogP contribution in [0.4, 0.5) is 15.8 Å². The van der Waals surface area contributed by atoms with Crippen LogP contribution in [-0.2, 0) is 9.53 Å². The number of rotatable bonds is 5. The van der Waals surface area contributed by atoms with E-state index in [0.717, 1.165) is 31.1 Å². The van der Waals surface area contributed by atoms with Crippen LogP contribution in [0, 0.1) is 5.82 Å². The second-order valence-electron chi connectivity index (χ2n) is 8.06. The Labute approximate surface area is 190 Å². The van der Waals surface area contributed by atoms with Crippen molar-refractivity contribution in [2.24, 2.45) is 0 Å². The number of halogens is 1. The molecule has 2 heterocycles. The molecule has 1 aliphatic heterocycles. The maximum absolute atomic E-state index is 14.3. The lowest BCUT2D eigenvalue weighted by Gasteiger charge is -2.36. The summed E-state index contributed by atoms with van der Waals surface area (Å²) in [6, 6.07) is 9.97. The van der Waals surface area contributed by atoms with Crippen LogP contribution in [0.1, 0.15) is 43.5 Å². The van der Waals surface area contributed by atoms with Crippen molar-refractivity contribution in [2.45, 2.75) is 39.2 Å². The summed E-state index contributed by atoms with van der Waals surface area (Å²) >= 11 is 0. The number of esters is 1. The summed E-state index contributed by atoms with van der Waals surface area (Å²) in [5, 5.41) is 6.85. The van der Waals surface area contributed by atoms with Crippen LogP contribution in [0.15, 0.2) is 40.9 Å². The van der Waals surface area contributed by atoms with Gasteiger partial charge in [-0.3, -0.25) is 4.79 Å². The molecular formula is C24H25FN4O4. The number of piperidine rings is 1. The lowest BCUT2D eigenvalue weighted by atomic mass is 10.0. The first-order valence-corrected chi connectivity index (χ1v) is 10.8. The number of methoxy groups -OCH3 is 1. The predicted molar refractivity (Wildman–Crippen MR) is 121 cm³/mol. The molecule has 8 nitrogen and oxygen atoms in total. The Hall–Kier alpha value is -3.75. The highest BCUT2D eigenvalue weighted by atomic mass is 19.1. The summed E-state index contributed by atoms with van der Waals surface area (Å²) in [6.07, 6.45) is 3.39. The molecule has 1 fully saturated rings. The standard InChI is InChI=1S/C24H25FN4O4/c1-14-6-4-5-11-29(14)21-10-8-17(13-20(21)26-15(2)30)23-27-22(28-33-23)16-7-9-18(19(25)12-16)24(31)32-3/h7-10,12-14H,4-6,11H2,1-3H3,(H,26,30). The number of hydrogen-bond acceptors (Lipinski definition) is 7. The third-order valence-electron chi connectivity index (χ3n) is 5.73. The Morgan fingerprint density at radius 2 is 1.97 bits per heavy atom. The minimum Gasteiger partial charge on any atom is -0.465 e. The van der Waals surface area contributed by atoms with Crippen LogP contribution in [0.25, 0.3) is 22.8 Å². The molecule has 1 N–H and O–H groups in total. The zero-order valence-corrected chi connectivity index (χ0v) is 18.7. The molecule has 1 amide bonds. The van der Waals surface area contributed by atoms with Crippen LogP contribution in [0.3, 0.4) is 0 Å². The first-order valence-electron chi connectivity index (χ1n) is 10.8. The van der Waals surface area contributed by atoms with Crippen LogP contribution in [0.5, 0.6) is 0 Å². The molecule has 1 aromatic heterocycles. The van der Waals surface area contributed by atoms with E-state index in [1.165, 1.54) is 32.6 Å².